The summed E-state index contributed by atoms with van der Waals surface area (Å²) in [5.74, 6) is -0.904. The molecule has 2 N–H and O–H groups in total. The van der Waals surface area contributed by atoms with Gasteiger partial charge in [0.2, 0.25) is 5.82 Å². The van der Waals surface area contributed by atoms with Crippen molar-refractivity contribution < 1.29 is 28.8 Å². The van der Waals surface area contributed by atoms with E-state index in [-0.39, 0.29) is 0 Å². The summed E-state index contributed by atoms with van der Waals surface area (Å²) in [6.45, 7) is 5.10. The molecule has 0 aliphatic carbocycles. The monoisotopic (exact) mass is 394 g/mol. The quantitative estimate of drug-likeness (QED) is 0.789. The molecule has 1 aliphatic rings. The Bertz CT molecular complexity index is 908. The fraction of sp³-hybridized carbons (Fsp3) is 0.474. The number of halogens is 1. The Morgan fingerprint density at radius 1 is 1.29 bits per heavy atom. The van der Waals surface area contributed by atoms with Crippen LogP contribution in [0.3, 0.4) is 0 Å². The molecule has 1 aromatic carbocycles. The topological polar surface area (TPSA) is 103 Å². The highest BCUT2D eigenvalue weighted by molar-refractivity contribution is 5.44. The summed E-state index contributed by atoms with van der Waals surface area (Å²) < 4.78 is 31.7. The van der Waals surface area contributed by atoms with Gasteiger partial charge in [-0.3, -0.25) is 4.57 Å². The number of aryl methyl sites for hydroxylation is 3. The zero-order valence-electron chi connectivity index (χ0n) is 16.0. The van der Waals surface area contributed by atoms with Gasteiger partial charge in [0.1, 0.15) is 24.1 Å². The first-order valence-corrected chi connectivity index (χ1v) is 8.78. The summed E-state index contributed by atoms with van der Waals surface area (Å²) in [5, 5.41) is 19.4. The minimum absolute atomic E-state index is 0.428. The molecule has 0 bridgehead atoms. The van der Waals surface area contributed by atoms with Gasteiger partial charge in [0.15, 0.2) is 6.23 Å². The minimum atomic E-state index is -1.18. The van der Waals surface area contributed by atoms with E-state index in [1.54, 1.807) is 0 Å². The highest BCUT2D eigenvalue weighted by atomic mass is 19.1. The normalized spacial score (nSPS) is 24.5. The summed E-state index contributed by atoms with van der Waals surface area (Å²) in [7, 11) is 1.32. The summed E-state index contributed by atoms with van der Waals surface area (Å²) in [6, 6.07) is 3.76. The second-order valence-corrected chi connectivity index (χ2v) is 6.85. The Morgan fingerprint density at radius 2 is 1.93 bits per heavy atom. The van der Waals surface area contributed by atoms with Crippen LogP contribution in [0, 0.1) is 26.6 Å². The van der Waals surface area contributed by atoms with E-state index in [9.17, 15) is 19.4 Å². The standard InChI is InChI=1S/C19H23FN2O6/c1-9-5-10(2)15(11(3)6-9)28-17-12(20)7-22(19(25)21-17)18-16(26-4)14(24)13(8-23)27-18/h5-7,13-14,16,18,23-24H,8H2,1-4H3. The molecule has 28 heavy (non-hydrogen) atoms. The highest BCUT2D eigenvalue weighted by Gasteiger charge is 2.45. The first kappa shape index (κ1) is 20.4. The first-order valence-electron chi connectivity index (χ1n) is 8.78. The van der Waals surface area contributed by atoms with E-state index in [0.717, 1.165) is 27.5 Å². The van der Waals surface area contributed by atoms with Crippen LogP contribution >= 0.6 is 0 Å². The molecule has 3 rings (SSSR count). The molecule has 0 radical (unpaired) electrons. The van der Waals surface area contributed by atoms with E-state index >= 15 is 0 Å². The van der Waals surface area contributed by atoms with Crippen LogP contribution in [0.15, 0.2) is 23.1 Å². The van der Waals surface area contributed by atoms with Crippen molar-refractivity contribution in [3.8, 4) is 11.6 Å². The van der Waals surface area contributed by atoms with Crippen molar-refractivity contribution >= 4 is 0 Å². The number of aliphatic hydroxyl groups is 2. The van der Waals surface area contributed by atoms with Crippen molar-refractivity contribution in [3.05, 3.63) is 51.3 Å². The molecule has 2 aromatic rings. The number of aliphatic hydroxyl groups excluding tert-OH is 2. The number of hydrogen-bond donors (Lipinski definition) is 2. The summed E-state index contributed by atoms with van der Waals surface area (Å²) >= 11 is 0. The van der Waals surface area contributed by atoms with E-state index in [2.05, 4.69) is 4.98 Å². The van der Waals surface area contributed by atoms with Crippen molar-refractivity contribution in [2.75, 3.05) is 13.7 Å². The molecule has 1 fully saturated rings. The average molecular weight is 394 g/mol. The van der Waals surface area contributed by atoms with Gasteiger partial charge < -0.3 is 24.4 Å². The average Bonchev–Trinajstić information content (AvgIpc) is 2.95. The molecule has 1 aliphatic heterocycles. The molecule has 1 aromatic heterocycles. The zero-order valence-corrected chi connectivity index (χ0v) is 16.0. The third-order valence-electron chi connectivity index (χ3n) is 4.72. The molecule has 1 saturated heterocycles. The van der Waals surface area contributed by atoms with Crippen LogP contribution in [-0.4, -0.2) is 51.8 Å². The van der Waals surface area contributed by atoms with Gasteiger partial charge in [-0.1, -0.05) is 17.7 Å². The van der Waals surface area contributed by atoms with E-state index in [0.29, 0.717) is 5.75 Å². The minimum Gasteiger partial charge on any atom is -0.436 e. The SMILES string of the molecule is COC1C(O)C(CO)OC1n1cc(F)c(Oc2c(C)cc(C)cc2C)nc1=O. The molecule has 8 nitrogen and oxygen atoms in total. The fourth-order valence-electron chi connectivity index (χ4n) is 3.46. The maximum Gasteiger partial charge on any atom is 0.353 e. The number of methoxy groups -OCH3 is 1. The van der Waals surface area contributed by atoms with E-state index in [4.69, 9.17) is 14.2 Å². The summed E-state index contributed by atoms with van der Waals surface area (Å²) in [5.41, 5.74) is 1.77. The smallest absolute Gasteiger partial charge is 0.353 e. The molecular formula is C19H23FN2O6. The van der Waals surface area contributed by atoms with Crippen molar-refractivity contribution in [2.45, 2.75) is 45.3 Å². The lowest BCUT2D eigenvalue weighted by molar-refractivity contribution is -0.0630. The number of ether oxygens (including phenoxy) is 3. The summed E-state index contributed by atoms with van der Waals surface area (Å²) in [6.07, 6.45) is -3.34. The van der Waals surface area contributed by atoms with Gasteiger partial charge in [0, 0.05) is 7.11 Å². The molecule has 0 amide bonds. The van der Waals surface area contributed by atoms with Crippen LogP contribution in [0.2, 0.25) is 0 Å². The Labute approximate surface area is 161 Å². The van der Waals surface area contributed by atoms with E-state index < -0.39 is 48.5 Å². The van der Waals surface area contributed by atoms with Crippen LogP contribution in [0.5, 0.6) is 11.6 Å². The molecule has 4 unspecified atom stereocenters. The van der Waals surface area contributed by atoms with Crippen molar-refractivity contribution in [2.24, 2.45) is 0 Å². The van der Waals surface area contributed by atoms with Gasteiger partial charge in [-0.25, -0.2) is 4.79 Å². The molecular weight excluding hydrogens is 371 g/mol. The predicted molar refractivity (Wildman–Crippen MR) is 97.0 cm³/mol. The van der Waals surface area contributed by atoms with Crippen LogP contribution in [0.4, 0.5) is 4.39 Å². The van der Waals surface area contributed by atoms with Gasteiger partial charge in [-0.05, 0) is 31.9 Å². The third kappa shape index (κ3) is 3.66. The maximum atomic E-state index is 14.7. The Kier molecular flexibility index (Phi) is 5.80. The largest absolute Gasteiger partial charge is 0.436 e. The second-order valence-electron chi connectivity index (χ2n) is 6.85. The number of aromatic nitrogens is 2. The molecule has 2 heterocycles. The zero-order chi connectivity index (χ0) is 20.6. The molecule has 9 heteroatoms. The van der Waals surface area contributed by atoms with Crippen LogP contribution in [0.25, 0.3) is 0 Å². The number of nitrogens with zero attached hydrogens (tertiary/aromatic N) is 2. The van der Waals surface area contributed by atoms with Crippen LogP contribution < -0.4 is 10.4 Å². The van der Waals surface area contributed by atoms with Crippen LogP contribution in [-0.2, 0) is 9.47 Å². The van der Waals surface area contributed by atoms with Gasteiger partial charge in [-0.15, -0.1) is 0 Å². The lowest BCUT2D eigenvalue weighted by Gasteiger charge is -2.20. The third-order valence-corrected chi connectivity index (χ3v) is 4.72. The van der Waals surface area contributed by atoms with Crippen molar-refractivity contribution in [1.82, 2.24) is 9.55 Å². The van der Waals surface area contributed by atoms with Gasteiger partial charge in [0.05, 0.1) is 12.8 Å². The molecule has 0 spiro atoms. The van der Waals surface area contributed by atoms with Crippen molar-refractivity contribution in [1.29, 1.82) is 0 Å². The first-order chi connectivity index (χ1) is 13.3. The van der Waals surface area contributed by atoms with Crippen LogP contribution in [0.1, 0.15) is 22.9 Å². The van der Waals surface area contributed by atoms with E-state index in [1.807, 2.05) is 32.9 Å². The second kappa shape index (κ2) is 7.96. The Morgan fingerprint density at radius 3 is 2.50 bits per heavy atom. The number of hydrogen-bond acceptors (Lipinski definition) is 7. The van der Waals surface area contributed by atoms with Gasteiger partial charge in [-0.2, -0.15) is 9.37 Å². The Hall–Kier alpha value is -2.33. The predicted octanol–water partition coefficient (Wildman–Crippen LogP) is 1.37. The highest BCUT2D eigenvalue weighted by Crippen LogP contribution is 2.32. The molecule has 152 valence electrons. The summed E-state index contributed by atoms with van der Waals surface area (Å²) in [4.78, 5) is 16.2. The number of benzene rings is 1. The Balaban J connectivity index is 1.95. The lowest BCUT2D eigenvalue weighted by Crippen LogP contribution is -2.37. The fourth-order valence-corrected chi connectivity index (χ4v) is 3.46. The van der Waals surface area contributed by atoms with Gasteiger partial charge >= 0.3 is 5.69 Å². The lowest BCUT2D eigenvalue weighted by atomic mass is 10.1. The van der Waals surface area contributed by atoms with Gasteiger partial charge in [0.25, 0.3) is 5.88 Å². The van der Waals surface area contributed by atoms with E-state index in [1.165, 1.54) is 7.11 Å². The van der Waals surface area contributed by atoms with Crippen molar-refractivity contribution in [3.63, 3.8) is 0 Å². The molecule has 0 saturated carbocycles. The molecule has 4 atom stereocenters. The number of rotatable bonds is 5. The maximum absolute atomic E-state index is 14.7.